The van der Waals surface area contributed by atoms with Crippen molar-refractivity contribution in [2.75, 3.05) is 26.8 Å². The van der Waals surface area contributed by atoms with E-state index in [-0.39, 0.29) is 17.9 Å². The molecule has 170 valence electrons. The van der Waals surface area contributed by atoms with Crippen LogP contribution in [0.1, 0.15) is 60.9 Å². The van der Waals surface area contributed by atoms with Gasteiger partial charge in [0.25, 0.3) is 0 Å². The number of benzene rings is 2. The second-order valence-corrected chi connectivity index (χ2v) is 9.35. The van der Waals surface area contributed by atoms with E-state index in [0.29, 0.717) is 29.8 Å². The third kappa shape index (κ3) is 5.39. The highest BCUT2D eigenvalue weighted by molar-refractivity contribution is 5.89. The van der Waals surface area contributed by atoms with Crippen LogP contribution in [0.4, 0.5) is 0 Å². The molecule has 4 rings (SSSR count). The van der Waals surface area contributed by atoms with Crippen molar-refractivity contribution in [3.8, 4) is 5.75 Å². The highest BCUT2D eigenvalue weighted by Gasteiger charge is 2.49. The van der Waals surface area contributed by atoms with Gasteiger partial charge in [0.05, 0.1) is 18.7 Å². The maximum absolute atomic E-state index is 13.4. The lowest BCUT2D eigenvalue weighted by Crippen LogP contribution is -2.49. The maximum atomic E-state index is 13.4. The van der Waals surface area contributed by atoms with Gasteiger partial charge in [0.2, 0.25) is 0 Å². The van der Waals surface area contributed by atoms with Crippen LogP contribution < -0.4 is 4.74 Å². The van der Waals surface area contributed by atoms with Gasteiger partial charge in [-0.1, -0.05) is 37.3 Å². The standard InChI is InChI=1S/C27H33NO4/c1-20(21-8-10-22(11-9-21)26(30)31-2)18-25(29)24-19-27(12-13-27)14-15-28(24)16-17-32-23-6-4-3-5-7-23/h3-11,20,24H,12-19H2,1-2H3/t20-,24-/m1/s1. The number of carbonyl (C=O) groups is 2. The van der Waals surface area contributed by atoms with Crippen LogP contribution in [0.15, 0.2) is 54.6 Å². The lowest BCUT2D eigenvalue weighted by atomic mass is 9.83. The molecule has 1 saturated heterocycles. The number of likely N-dealkylation sites (tertiary alicyclic amines) is 1. The SMILES string of the molecule is COC(=O)c1ccc([C@H](C)CC(=O)[C@H]2CC3(CCN2CCOc2ccccc2)CC3)cc1. The van der Waals surface area contributed by atoms with Crippen LogP contribution in [0, 0.1) is 5.41 Å². The van der Waals surface area contributed by atoms with Crippen molar-refractivity contribution in [2.24, 2.45) is 5.41 Å². The minimum Gasteiger partial charge on any atom is -0.492 e. The molecule has 1 saturated carbocycles. The van der Waals surface area contributed by atoms with Crippen molar-refractivity contribution in [2.45, 2.75) is 51.0 Å². The number of esters is 1. The Morgan fingerprint density at radius 3 is 2.44 bits per heavy atom. The summed E-state index contributed by atoms with van der Waals surface area (Å²) in [4.78, 5) is 27.4. The summed E-state index contributed by atoms with van der Waals surface area (Å²) < 4.78 is 10.7. The lowest BCUT2D eigenvalue weighted by molar-refractivity contribution is -0.127. The summed E-state index contributed by atoms with van der Waals surface area (Å²) in [7, 11) is 1.38. The number of hydrogen-bond acceptors (Lipinski definition) is 5. The van der Waals surface area contributed by atoms with E-state index < -0.39 is 0 Å². The van der Waals surface area contributed by atoms with Crippen LogP contribution in [0.25, 0.3) is 0 Å². The van der Waals surface area contributed by atoms with E-state index in [4.69, 9.17) is 9.47 Å². The average molecular weight is 436 g/mol. The van der Waals surface area contributed by atoms with Crippen molar-refractivity contribution < 1.29 is 19.1 Å². The zero-order chi connectivity index (χ0) is 22.6. The summed E-state index contributed by atoms with van der Waals surface area (Å²) in [6, 6.07) is 17.2. The predicted molar refractivity (Wildman–Crippen MR) is 124 cm³/mol. The number of carbonyl (C=O) groups excluding carboxylic acids is 2. The molecule has 0 unspecified atom stereocenters. The van der Waals surface area contributed by atoms with Crippen molar-refractivity contribution >= 4 is 11.8 Å². The van der Waals surface area contributed by atoms with Crippen LogP contribution in [-0.4, -0.2) is 49.5 Å². The Kier molecular flexibility index (Phi) is 6.95. The number of ether oxygens (including phenoxy) is 2. The summed E-state index contributed by atoms with van der Waals surface area (Å²) in [6.07, 6.45) is 5.19. The molecule has 2 aromatic carbocycles. The third-order valence-corrected chi connectivity index (χ3v) is 7.12. The topological polar surface area (TPSA) is 55.8 Å². The van der Waals surface area contributed by atoms with Crippen molar-refractivity contribution in [3.63, 3.8) is 0 Å². The Morgan fingerprint density at radius 1 is 1.06 bits per heavy atom. The number of hydrogen-bond donors (Lipinski definition) is 0. The second kappa shape index (κ2) is 9.86. The van der Waals surface area contributed by atoms with Crippen molar-refractivity contribution in [1.82, 2.24) is 4.90 Å². The average Bonchev–Trinajstić information content (AvgIpc) is 3.59. The van der Waals surface area contributed by atoms with Gasteiger partial charge in [0, 0.05) is 13.0 Å². The first-order chi connectivity index (χ1) is 15.5. The molecule has 1 heterocycles. The normalized spacial score (nSPS) is 20.5. The molecule has 0 bridgehead atoms. The Labute approximate surface area is 190 Å². The van der Waals surface area contributed by atoms with E-state index in [0.717, 1.165) is 30.8 Å². The molecule has 2 aliphatic rings. The van der Waals surface area contributed by atoms with E-state index in [1.54, 1.807) is 12.1 Å². The minimum absolute atomic E-state index is 0.0255. The monoisotopic (exact) mass is 435 g/mol. The fourth-order valence-electron chi connectivity index (χ4n) is 4.81. The first kappa shape index (κ1) is 22.5. The van der Waals surface area contributed by atoms with Gasteiger partial charge >= 0.3 is 5.97 Å². The number of ketones is 1. The number of nitrogens with zero attached hydrogens (tertiary/aromatic N) is 1. The third-order valence-electron chi connectivity index (χ3n) is 7.12. The summed E-state index contributed by atoms with van der Waals surface area (Å²) in [5.41, 5.74) is 2.01. The Morgan fingerprint density at radius 2 is 1.78 bits per heavy atom. The first-order valence-corrected chi connectivity index (χ1v) is 11.6. The fourth-order valence-corrected chi connectivity index (χ4v) is 4.81. The molecular formula is C27H33NO4. The lowest BCUT2D eigenvalue weighted by Gasteiger charge is -2.39. The Balaban J connectivity index is 1.36. The molecule has 2 fully saturated rings. The zero-order valence-electron chi connectivity index (χ0n) is 19.1. The molecule has 1 aliphatic carbocycles. The molecule has 5 nitrogen and oxygen atoms in total. The number of methoxy groups -OCH3 is 1. The molecule has 2 aromatic rings. The van der Waals surface area contributed by atoms with E-state index in [9.17, 15) is 9.59 Å². The largest absolute Gasteiger partial charge is 0.492 e. The highest BCUT2D eigenvalue weighted by atomic mass is 16.5. The second-order valence-electron chi connectivity index (χ2n) is 9.35. The van der Waals surface area contributed by atoms with Gasteiger partial charge < -0.3 is 9.47 Å². The molecule has 2 atom stereocenters. The van der Waals surface area contributed by atoms with Crippen LogP contribution in [0.3, 0.4) is 0 Å². The summed E-state index contributed by atoms with van der Waals surface area (Å²) in [6.45, 7) is 4.41. The molecule has 0 radical (unpaired) electrons. The van der Waals surface area contributed by atoms with Crippen LogP contribution in [0.2, 0.25) is 0 Å². The number of para-hydroxylation sites is 1. The van der Waals surface area contributed by atoms with Crippen LogP contribution in [-0.2, 0) is 9.53 Å². The van der Waals surface area contributed by atoms with E-state index in [2.05, 4.69) is 11.8 Å². The molecule has 0 aromatic heterocycles. The van der Waals surface area contributed by atoms with Crippen LogP contribution in [0.5, 0.6) is 5.75 Å². The van der Waals surface area contributed by atoms with Gasteiger partial charge in [-0.2, -0.15) is 0 Å². The summed E-state index contributed by atoms with van der Waals surface area (Å²) >= 11 is 0. The van der Waals surface area contributed by atoms with E-state index in [1.807, 2.05) is 42.5 Å². The first-order valence-electron chi connectivity index (χ1n) is 11.6. The molecule has 0 N–H and O–H groups in total. The predicted octanol–water partition coefficient (Wildman–Crippen LogP) is 4.86. The van der Waals surface area contributed by atoms with Gasteiger partial charge in [0.1, 0.15) is 12.4 Å². The Bertz CT molecular complexity index is 920. The van der Waals surface area contributed by atoms with Gasteiger partial charge in [0.15, 0.2) is 5.78 Å². The fraction of sp³-hybridized carbons (Fsp3) is 0.481. The highest BCUT2D eigenvalue weighted by Crippen LogP contribution is 2.55. The van der Waals surface area contributed by atoms with Gasteiger partial charge in [-0.05, 0) is 73.4 Å². The molecule has 0 amide bonds. The molecule has 1 spiro atoms. The smallest absolute Gasteiger partial charge is 0.337 e. The maximum Gasteiger partial charge on any atom is 0.337 e. The molecule has 5 heteroatoms. The van der Waals surface area contributed by atoms with Crippen LogP contribution >= 0.6 is 0 Å². The molecular weight excluding hydrogens is 402 g/mol. The summed E-state index contributed by atoms with van der Waals surface area (Å²) in [5.74, 6) is 0.953. The van der Waals surface area contributed by atoms with Gasteiger partial charge in [-0.15, -0.1) is 0 Å². The molecule has 1 aliphatic heterocycles. The number of piperidine rings is 1. The van der Waals surface area contributed by atoms with Gasteiger partial charge in [-0.25, -0.2) is 4.79 Å². The van der Waals surface area contributed by atoms with Crippen molar-refractivity contribution in [3.05, 3.63) is 65.7 Å². The van der Waals surface area contributed by atoms with E-state index in [1.165, 1.54) is 26.4 Å². The molecule has 32 heavy (non-hydrogen) atoms. The number of rotatable bonds is 9. The quantitative estimate of drug-likeness (QED) is 0.527. The summed E-state index contributed by atoms with van der Waals surface area (Å²) in [5, 5.41) is 0. The minimum atomic E-state index is -0.342. The van der Waals surface area contributed by atoms with E-state index >= 15 is 0 Å². The Hall–Kier alpha value is -2.66. The number of Topliss-reactive ketones (excluding diaryl/α,β-unsaturated/α-hetero) is 1. The van der Waals surface area contributed by atoms with Crippen molar-refractivity contribution in [1.29, 1.82) is 0 Å². The zero-order valence-corrected chi connectivity index (χ0v) is 19.1. The van der Waals surface area contributed by atoms with Gasteiger partial charge in [-0.3, -0.25) is 9.69 Å².